The molecule has 8 nitrogen and oxygen atoms in total. The van der Waals surface area contributed by atoms with Gasteiger partial charge in [0.1, 0.15) is 0 Å². The summed E-state index contributed by atoms with van der Waals surface area (Å²) in [5.74, 6) is -2.44. The molecule has 3 amide bonds. The molecule has 0 unspecified atom stereocenters. The third-order valence-electron chi connectivity index (χ3n) is 5.75. The molecule has 0 saturated carbocycles. The molecule has 2 aliphatic rings. The lowest BCUT2D eigenvalue weighted by molar-refractivity contribution is -0.384. The lowest BCUT2D eigenvalue weighted by atomic mass is 9.82. The molecule has 0 aromatic heterocycles. The number of allylic oxidation sites excluding steroid dienone is 2. The van der Waals surface area contributed by atoms with Crippen molar-refractivity contribution in [1.82, 2.24) is 10.0 Å². The van der Waals surface area contributed by atoms with Crippen LogP contribution in [0.1, 0.15) is 35.7 Å². The Morgan fingerprint density at radius 3 is 2.52 bits per heavy atom. The van der Waals surface area contributed by atoms with Crippen LogP contribution in [-0.4, -0.2) is 32.7 Å². The molecular weight excluding hydrogens is 398 g/mol. The average Bonchev–Trinajstić information content (AvgIpc) is 3.02. The highest BCUT2D eigenvalue weighted by Crippen LogP contribution is 2.39. The van der Waals surface area contributed by atoms with Gasteiger partial charge >= 0.3 is 0 Å². The number of hydrazine groups is 1. The van der Waals surface area contributed by atoms with E-state index in [4.69, 9.17) is 0 Å². The minimum Gasteiger partial charge on any atom is -0.272 e. The van der Waals surface area contributed by atoms with Gasteiger partial charge in [-0.3, -0.25) is 24.5 Å². The van der Waals surface area contributed by atoms with Crippen molar-refractivity contribution in [2.75, 3.05) is 0 Å². The Kier molecular flexibility index (Phi) is 5.37. The molecule has 31 heavy (non-hydrogen) atoms. The van der Waals surface area contributed by atoms with E-state index >= 15 is 0 Å². The zero-order chi connectivity index (χ0) is 22.1. The fraction of sp³-hybridized carbons (Fsp3) is 0.261. The van der Waals surface area contributed by atoms with Gasteiger partial charge in [-0.1, -0.05) is 48.0 Å². The van der Waals surface area contributed by atoms with Crippen molar-refractivity contribution < 1.29 is 19.3 Å². The normalized spacial score (nSPS) is 20.3. The first-order valence-electron chi connectivity index (χ1n) is 10.0. The van der Waals surface area contributed by atoms with E-state index in [1.54, 1.807) is 24.3 Å². The summed E-state index contributed by atoms with van der Waals surface area (Å²) in [7, 11) is 0. The standard InChI is InChI=1S/C23H21N3O5/c1-15-10-11-19-20(12-15)23(29)25(22(19)28)24(14-16-6-3-2-4-7-16)21(27)17-8-5-9-18(13-17)26(30)31/h2-10,13,19-20H,11-12,14H2,1H3/t19-,20-/m0/s1. The first-order valence-corrected chi connectivity index (χ1v) is 10.0. The predicted molar refractivity (Wildman–Crippen MR) is 111 cm³/mol. The van der Waals surface area contributed by atoms with Crippen LogP contribution in [0.3, 0.4) is 0 Å². The molecule has 2 atom stereocenters. The minimum atomic E-state index is -0.641. The molecule has 158 valence electrons. The fourth-order valence-electron chi connectivity index (χ4n) is 4.15. The number of hydrogen-bond donors (Lipinski definition) is 0. The number of non-ortho nitro benzene ring substituents is 1. The topological polar surface area (TPSA) is 101 Å². The van der Waals surface area contributed by atoms with Crippen molar-refractivity contribution in [2.45, 2.75) is 26.3 Å². The van der Waals surface area contributed by atoms with E-state index in [2.05, 4.69) is 0 Å². The maximum absolute atomic E-state index is 13.4. The van der Waals surface area contributed by atoms with Gasteiger partial charge in [0, 0.05) is 17.7 Å². The third-order valence-corrected chi connectivity index (χ3v) is 5.75. The van der Waals surface area contributed by atoms with Crippen molar-refractivity contribution in [2.24, 2.45) is 11.8 Å². The van der Waals surface area contributed by atoms with Gasteiger partial charge in [0.15, 0.2) is 0 Å². The van der Waals surface area contributed by atoms with Crippen LogP contribution in [0.2, 0.25) is 0 Å². The molecular formula is C23H21N3O5. The highest BCUT2D eigenvalue weighted by molar-refractivity contribution is 6.08. The maximum atomic E-state index is 13.4. The number of nitro benzene ring substituents is 1. The lowest BCUT2D eigenvalue weighted by Crippen LogP contribution is -2.49. The summed E-state index contributed by atoms with van der Waals surface area (Å²) >= 11 is 0. The van der Waals surface area contributed by atoms with Crippen molar-refractivity contribution in [3.8, 4) is 0 Å². The number of nitro groups is 1. The van der Waals surface area contributed by atoms with Crippen LogP contribution in [0, 0.1) is 22.0 Å². The molecule has 0 N–H and O–H groups in total. The highest BCUT2D eigenvalue weighted by Gasteiger charge is 2.51. The van der Waals surface area contributed by atoms with Crippen molar-refractivity contribution in [1.29, 1.82) is 0 Å². The summed E-state index contributed by atoms with van der Waals surface area (Å²) < 4.78 is 0. The van der Waals surface area contributed by atoms with Crippen LogP contribution >= 0.6 is 0 Å². The van der Waals surface area contributed by atoms with Crippen molar-refractivity contribution in [3.63, 3.8) is 0 Å². The van der Waals surface area contributed by atoms with Crippen LogP contribution in [-0.2, 0) is 16.1 Å². The van der Waals surface area contributed by atoms with E-state index in [1.807, 2.05) is 19.1 Å². The molecule has 0 radical (unpaired) electrons. The number of benzene rings is 2. The number of nitrogens with zero attached hydrogens (tertiary/aromatic N) is 3. The van der Waals surface area contributed by atoms with Gasteiger partial charge in [-0.2, -0.15) is 5.01 Å². The Bertz CT molecular complexity index is 1100. The van der Waals surface area contributed by atoms with Gasteiger partial charge < -0.3 is 0 Å². The molecule has 1 aliphatic heterocycles. The van der Waals surface area contributed by atoms with Crippen LogP contribution in [0.15, 0.2) is 66.2 Å². The van der Waals surface area contributed by atoms with Crippen molar-refractivity contribution in [3.05, 3.63) is 87.5 Å². The number of carbonyl (C=O) groups excluding carboxylic acids is 3. The second-order valence-electron chi connectivity index (χ2n) is 7.85. The zero-order valence-electron chi connectivity index (χ0n) is 16.9. The Labute approximate surface area is 178 Å². The number of fused-ring (bicyclic) bond motifs is 1. The second-order valence-corrected chi connectivity index (χ2v) is 7.85. The molecule has 8 heteroatoms. The molecule has 2 aromatic rings. The number of imide groups is 1. The first kappa shape index (κ1) is 20.5. The van der Waals surface area contributed by atoms with E-state index in [1.165, 1.54) is 18.2 Å². The van der Waals surface area contributed by atoms with Gasteiger partial charge in [0.05, 0.1) is 23.3 Å². The van der Waals surface area contributed by atoms with Gasteiger partial charge in [0.25, 0.3) is 23.4 Å². The number of rotatable bonds is 5. The quantitative estimate of drug-likeness (QED) is 0.320. The second kappa shape index (κ2) is 8.14. The minimum absolute atomic E-state index is 0.00824. The summed E-state index contributed by atoms with van der Waals surface area (Å²) in [5, 5.41) is 13.2. The molecule has 0 bridgehead atoms. The molecule has 1 aliphatic carbocycles. The molecule has 4 rings (SSSR count). The molecule has 0 spiro atoms. The Hall–Kier alpha value is -3.81. The number of carbonyl (C=O) groups is 3. The van der Waals surface area contributed by atoms with Gasteiger partial charge in [0.2, 0.25) is 0 Å². The first-order chi connectivity index (χ1) is 14.9. The molecule has 1 fully saturated rings. The molecule has 1 saturated heterocycles. The third kappa shape index (κ3) is 3.84. The summed E-state index contributed by atoms with van der Waals surface area (Å²) in [6, 6.07) is 14.3. The van der Waals surface area contributed by atoms with E-state index in [9.17, 15) is 24.5 Å². The lowest BCUT2D eigenvalue weighted by Gasteiger charge is -2.30. The summed E-state index contributed by atoms with van der Waals surface area (Å²) in [4.78, 5) is 50.4. The van der Waals surface area contributed by atoms with E-state index in [-0.39, 0.29) is 17.8 Å². The Balaban J connectivity index is 1.72. The van der Waals surface area contributed by atoms with E-state index in [0.29, 0.717) is 12.8 Å². The van der Waals surface area contributed by atoms with E-state index < -0.39 is 34.5 Å². The predicted octanol–water partition coefficient (Wildman–Crippen LogP) is 3.49. The SMILES string of the molecule is CC1=CC[C@@H]2C(=O)N(N(Cc3ccccc3)C(=O)c3cccc([N+](=O)[O-])c3)C(=O)[C@H]2C1. The van der Waals surface area contributed by atoms with Crippen LogP contribution < -0.4 is 0 Å². The average molecular weight is 419 g/mol. The van der Waals surface area contributed by atoms with Gasteiger partial charge in [-0.15, -0.1) is 0 Å². The summed E-state index contributed by atoms with van der Waals surface area (Å²) in [6.45, 7) is 1.92. The smallest absolute Gasteiger partial charge is 0.272 e. The molecule has 2 aromatic carbocycles. The summed E-state index contributed by atoms with van der Waals surface area (Å²) in [6.07, 6.45) is 2.90. The monoisotopic (exact) mass is 419 g/mol. The van der Waals surface area contributed by atoms with Crippen molar-refractivity contribution >= 4 is 23.4 Å². The van der Waals surface area contributed by atoms with Gasteiger partial charge in [-0.25, -0.2) is 5.01 Å². The van der Waals surface area contributed by atoms with Gasteiger partial charge in [-0.05, 0) is 31.4 Å². The highest BCUT2D eigenvalue weighted by atomic mass is 16.6. The van der Waals surface area contributed by atoms with Crippen LogP contribution in [0.5, 0.6) is 0 Å². The fourth-order valence-corrected chi connectivity index (χ4v) is 4.15. The molecule has 1 heterocycles. The summed E-state index contributed by atoms with van der Waals surface area (Å²) in [5.41, 5.74) is 1.57. The number of amides is 3. The van der Waals surface area contributed by atoms with Crippen LogP contribution in [0.4, 0.5) is 5.69 Å². The van der Waals surface area contributed by atoms with E-state index in [0.717, 1.165) is 27.2 Å². The Morgan fingerprint density at radius 2 is 1.81 bits per heavy atom. The largest absolute Gasteiger partial charge is 0.273 e. The zero-order valence-corrected chi connectivity index (χ0v) is 16.9. The van der Waals surface area contributed by atoms with Crippen LogP contribution in [0.25, 0.3) is 0 Å². The number of hydrogen-bond acceptors (Lipinski definition) is 5. The Morgan fingerprint density at radius 1 is 1.10 bits per heavy atom. The maximum Gasteiger partial charge on any atom is 0.273 e.